The molecule has 0 saturated carbocycles. The molecule has 5 nitrogen and oxygen atoms in total. The number of hydrogen-bond acceptors (Lipinski definition) is 4. The molecule has 1 aromatic carbocycles. The maximum absolute atomic E-state index is 12.1. The summed E-state index contributed by atoms with van der Waals surface area (Å²) in [4.78, 5) is 22.1. The zero-order chi connectivity index (χ0) is 14.4. The van der Waals surface area contributed by atoms with Crippen LogP contribution in [0, 0.1) is 11.8 Å². The molecule has 2 N–H and O–H groups in total. The average Bonchev–Trinajstić information content (AvgIpc) is 3.04. The van der Waals surface area contributed by atoms with E-state index in [2.05, 4.69) is 27.1 Å². The van der Waals surface area contributed by atoms with Crippen LogP contribution in [0.1, 0.15) is 12.7 Å². The predicted octanol–water partition coefficient (Wildman–Crippen LogP) is 0.963. The molecule has 2 aromatic rings. The van der Waals surface area contributed by atoms with Crippen LogP contribution in [0.25, 0.3) is 10.9 Å². The standard InChI is InChI=1S/C16H20N4O/c1-10-13-7-17-6-11(13)8-20(10)9-15-18-14-5-3-2-4-12(14)16(21)19-15/h2-5,10-11,13,17H,6-9H2,1H3,(H,18,19,21). The number of para-hydroxylation sites is 1. The van der Waals surface area contributed by atoms with Crippen LogP contribution >= 0.6 is 0 Å². The molecular weight excluding hydrogens is 264 g/mol. The third kappa shape index (κ3) is 2.17. The Morgan fingerprint density at radius 2 is 2.19 bits per heavy atom. The summed E-state index contributed by atoms with van der Waals surface area (Å²) in [7, 11) is 0. The van der Waals surface area contributed by atoms with Crippen molar-refractivity contribution >= 4 is 10.9 Å². The van der Waals surface area contributed by atoms with Gasteiger partial charge in [0.25, 0.3) is 5.56 Å². The Morgan fingerprint density at radius 1 is 1.33 bits per heavy atom. The zero-order valence-electron chi connectivity index (χ0n) is 12.2. The molecule has 0 bridgehead atoms. The predicted molar refractivity (Wildman–Crippen MR) is 82.1 cm³/mol. The molecule has 0 aliphatic carbocycles. The number of hydrogen-bond donors (Lipinski definition) is 2. The first-order valence-electron chi connectivity index (χ1n) is 7.65. The summed E-state index contributed by atoms with van der Waals surface area (Å²) in [6, 6.07) is 8.06. The van der Waals surface area contributed by atoms with E-state index in [1.165, 1.54) is 0 Å². The third-order valence-corrected chi connectivity index (χ3v) is 5.07. The molecule has 2 saturated heterocycles. The molecule has 3 atom stereocenters. The number of likely N-dealkylation sites (tertiary alicyclic amines) is 1. The van der Waals surface area contributed by atoms with Gasteiger partial charge in [-0.15, -0.1) is 0 Å². The van der Waals surface area contributed by atoms with Gasteiger partial charge in [0, 0.05) is 12.6 Å². The molecule has 3 heterocycles. The molecular formula is C16H20N4O. The third-order valence-electron chi connectivity index (χ3n) is 5.07. The van der Waals surface area contributed by atoms with Gasteiger partial charge in [-0.25, -0.2) is 4.98 Å². The summed E-state index contributed by atoms with van der Waals surface area (Å²) >= 11 is 0. The lowest BCUT2D eigenvalue weighted by atomic mass is 9.95. The van der Waals surface area contributed by atoms with Crippen molar-refractivity contribution < 1.29 is 0 Å². The molecule has 21 heavy (non-hydrogen) atoms. The van der Waals surface area contributed by atoms with Crippen LogP contribution in [0.4, 0.5) is 0 Å². The number of H-pyrrole nitrogens is 1. The molecule has 5 heteroatoms. The number of aromatic nitrogens is 2. The fourth-order valence-electron chi connectivity index (χ4n) is 3.87. The second-order valence-electron chi connectivity index (χ2n) is 6.28. The molecule has 1 aromatic heterocycles. The van der Waals surface area contributed by atoms with E-state index in [-0.39, 0.29) is 5.56 Å². The molecule has 0 spiro atoms. The highest BCUT2D eigenvalue weighted by Gasteiger charge is 2.41. The number of benzene rings is 1. The summed E-state index contributed by atoms with van der Waals surface area (Å²) < 4.78 is 0. The van der Waals surface area contributed by atoms with E-state index in [0.29, 0.717) is 11.4 Å². The largest absolute Gasteiger partial charge is 0.316 e. The fourth-order valence-corrected chi connectivity index (χ4v) is 3.87. The van der Waals surface area contributed by atoms with E-state index in [1.54, 1.807) is 0 Å². The van der Waals surface area contributed by atoms with E-state index in [0.717, 1.165) is 49.4 Å². The maximum atomic E-state index is 12.1. The van der Waals surface area contributed by atoms with Crippen LogP contribution in [0.15, 0.2) is 29.1 Å². The van der Waals surface area contributed by atoms with Crippen molar-refractivity contribution in [3.8, 4) is 0 Å². The Labute approximate surface area is 123 Å². The molecule has 0 amide bonds. The highest BCUT2D eigenvalue weighted by molar-refractivity contribution is 5.77. The van der Waals surface area contributed by atoms with Gasteiger partial charge in [0.15, 0.2) is 0 Å². The minimum absolute atomic E-state index is 0.0377. The molecule has 2 aliphatic heterocycles. The van der Waals surface area contributed by atoms with E-state index in [9.17, 15) is 4.79 Å². The fraction of sp³-hybridized carbons (Fsp3) is 0.500. The first kappa shape index (κ1) is 13.0. The minimum Gasteiger partial charge on any atom is -0.316 e. The molecule has 2 fully saturated rings. The Bertz CT molecular complexity index is 726. The van der Waals surface area contributed by atoms with Gasteiger partial charge >= 0.3 is 0 Å². The summed E-state index contributed by atoms with van der Waals surface area (Å²) in [6.45, 7) is 6.34. The van der Waals surface area contributed by atoms with Crippen LogP contribution in [0.3, 0.4) is 0 Å². The molecule has 4 rings (SSSR count). The summed E-state index contributed by atoms with van der Waals surface area (Å²) in [6.07, 6.45) is 0. The van der Waals surface area contributed by atoms with Crippen LogP contribution in [-0.2, 0) is 6.54 Å². The Hall–Kier alpha value is -1.72. The van der Waals surface area contributed by atoms with E-state index >= 15 is 0 Å². The second-order valence-corrected chi connectivity index (χ2v) is 6.28. The molecule has 110 valence electrons. The van der Waals surface area contributed by atoms with Crippen LogP contribution in [0.2, 0.25) is 0 Å². The first-order valence-corrected chi connectivity index (χ1v) is 7.65. The van der Waals surface area contributed by atoms with Gasteiger partial charge in [0.2, 0.25) is 0 Å². The van der Waals surface area contributed by atoms with Gasteiger partial charge in [-0.05, 0) is 44.0 Å². The topological polar surface area (TPSA) is 61.0 Å². The lowest BCUT2D eigenvalue weighted by Gasteiger charge is -2.23. The van der Waals surface area contributed by atoms with Gasteiger partial charge in [-0.3, -0.25) is 9.69 Å². The van der Waals surface area contributed by atoms with Crippen molar-refractivity contribution in [1.82, 2.24) is 20.2 Å². The first-order chi connectivity index (χ1) is 10.2. The number of aromatic amines is 1. The van der Waals surface area contributed by atoms with E-state index < -0.39 is 0 Å². The summed E-state index contributed by atoms with van der Waals surface area (Å²) in [5.74, 6) is 2.25. The lowest BCUT2D eigenvalue weighted by Crippen LogP contribution is -2.33. The highest BCUT2D eigenvalue weighted by atomic mass is 16.1. The second kappa shape index (κ2) is 4.93. The lowest BCUT2D eigenvalue weighted by molar-refractivity contribution is 0.226. The van der Waals surface area contributed by atoms with Crippen LogP contribution in [0.5, 0.6) is 0 Å². The normalized spacial score (nSPS) is 29.1. The molecule has 2 aliphatic rings. The van der Waals surface area contributed by atoms with E-state index in [1.807, 2.05) is 24.3 Å². The highest BCUT2D eigenvalue weighted by Crippen LogP contribution is 2.32. The Kier molecular flexibility index (Phi) is 3.05. The molecule has 3 unspecified atom stereocenters. The van der Waals surface area contributed by atoms with Gasteiger partial charge < -0.3 is 10.3 Å². The van der Waals surface area contributed by atoms with Crippen molar-refractivity contribution in [1.29, 1.82) is 0 Å². The van der Waals surface area contributed by atoms with Crippen molar-refractivity contribution in [2.24, 2.45) is 11.8 Å². The Balaban J connectivity index is 1.62. The molecule has 0 radical (unpaired) electrons. The minimum atomic E-state index is -0.0377. The number of rotatable bonds is 2. The van der Waals surface area contributed by atoms with Crippen molar-refractivity contribution in [2.75, 3.05) is 19.6 Å². The van der Waals surface area contributed by atoms with Crippen LogP contribution < -0.4 is 10.9 Å². The van der Waals surface area contributed by atoms with Gasteiger partial charge in [-0.1, -0.05) is 12.1 Å². The van der Waals surface area contributed by atoms with Crippen molar-refractivity contribution in [3.63, 3.8) is 0 Å². The van der Waals surface area contributed by atoms with Crippen molar-refractivity contribution in [3.05, 3.63) is 40.4 Å². The van der Waals surface area contributed by atoms with Gasteiger partial charge in [-0.2, -0.15) is 0 Å². The summed E-state index contributed by atoms with van der Waals surface area (Å²) in [5, 5.41) is 4.14. The number of nitrogens with one attached hydrogen (secondary N) is 2. The maximum Gasteiger partial charge on any atom is 0.258 e. The smallest absolute Gasteiger partial charge is 0.258 e. The van der Waals surface area contributed by atoms with Gasteiger partial charge in [0.1, 0.15) is 5.82 Å². The monoisotopic (exact) mass is 284 g/mol. The SMILES string of the molecule is CC1C2CNCC2CN1Cc1nc2ccccc2c(=O)[nH]1. The number of nitrogens with zero attached hydrogens (tertiary/aromatic N) is 2. The Morgan fingerprint density at radius 3 is 3.05 bits per heavy atom. The van der Waals surface area contributed by atoms with E-state index in [4.69, 9.17) is 0 Å². The quantitative estimate of drug-likeness (QED) is 0.862. The average molecular weight is 284 g/mol. The van der Waals surface area contributed by atoms with Crippen molar-refractivity contribution in [2.45, 2.75) is 19.5 Å². The zero-order valence-corrected chi connectivity index (χ0v) is 12.2. The summed E-state index contributed by atoms with van der Waals surface area (Å²) in [5.41, 5.74) is 0.745. The van der Waals surface area contributed by atoms with Crippen LogP contribution in [-0.4, -0.2) is 40.5 Å². The number of fused-ring (bicyclic) bond motifs is 2. The van der Waals surface area contributed by atoms with Gasteiger partial charge in [0.05, 0.1) is 17.4 Å².